The maximum absolute atomic E-state index is 12.9. The van der Waals surface area contributed by atoms with Gasteiger partial charge < -0.3 is 15.4 Å². The smallest absolute Gasteiger partial charge is 0.387 e. The van der Waals surface area contributed by atoms with Gasteiger partial charge in [-0.05, 0) is 31.5 Å². The standard InChI is InChI=1S/C20H19F2N3O4/c1-12-7-9-13(10-8-12)20(2)17(27)25(19(28)24-20)11-16(26)23-14-5-3-4-6-15(14)29-18(21)22/h3-10,18H,11H2,1-2H3,(H,23,26)(H,24,28)/t20-/m1/s1. The highest BCUT2D eigenvalue weighted by Crippen LogP contribution is 2.29. The predicted molar refractivity (Wildman–Crippen MR) is 100 cm³/mol. The first-order valence-electron chi connectivity index (χ1n) is 8.75. The van der Waals surface area contributed by atoms with E-state index in [-0.39, 0.29) is 11.4 Å². The SMILES string of the molecule is Cc1ccc([C@@]2(C)NC(=O)N(CC(=O)Nc3ccccc3OC(F)F)C2=O)cc1. The third kappa shape index (κ3) is 4.18. The van der Waals surface area contributed by atoms with Crippen molar-refractivity contribution in [2.75, 3.05) is 11.9 Å². The van der Waals surface area contributed by atoms with Crippen LogP contribution in [-0.4, -0.2) is 35.9 Å². The number of hydrogen-bond donors (Lipinski definition) is 2. The van der Waals surface area contributed by atoms with Gasteiger partial charge in [0.2, 0.25) is 5.91 Å². The Labute approximate surface area is 165 Å². The molecule has 0 saturated carbocycles. The second kappa shape index (κ2) is 7.86. The molecule has 152 valence electrons. The second-order valence-electron chi connectivity index (χ2n) is 6.74. The monoisotopic (exact) mass is 403 g/mol. The lowest BCUT2D eigenvalue weighted by atomic mass is 9.91. The first kappa shape index (κ1) is 20.2. The van der Waals surface area contributed by atoms with Crippen LogP contribution >= 0.6 is 0 Å². The number of anilines is 1. The average molecular weight is 403 g/mol. The van der Waals surface area contributed by atoms with E-state index in [9.17, 15) is 23.2 Å². The number of imide groups is 1. The number of benzene rings is 2. The maximum Gasteiger partial charge on any atom is 0.387 e. The number of nitrogens with zero attached hydrogens (tertiary/aromatic N) is 1. The van der Waals surface area contributed by atoms with Crippen molar-refractivity contribution in [1.29, 1.82) is 0 Å². The van der Waals surface area contributed by atoms with Crippen molar-refractivity contribution >= 4 is 23.5 Å². The van der Waals surface area contributed by atoms with E-state index >= 15 is 0 Å². The molecule has 0 aromatic heterocycles. The van der Waals surface area contributed by atoms with Gasteiger partial charge in [0.05, 0.1) is 5.69 Å². The van der Waals surface area contributed by atoms with Crippen molar-refractivity contribution in [2.45, 2.75) is 26.0 Å². The first-order chi connectivity index (χ1) is 13.7. The van der Waals surface area contributed by atoms with Gasteiger partial charge >= 0.3 is 12.6 Å². The molecule has 1 fully saturated rings. The Morgan fingerprint density at radius 1 is 1.17 bits per heavy atom. The zero-order valence-electron chi connectivity index (χ0n) is 15.7. The van der Waals surface area contributed by atoms with Crippen LogP contribution in [-0.2, 0) is 15.1 Å². The van der Waals surface area contributed by atoms with Gasteiger partial charge in [0.15, 0.2) is 0 Å². The number of urea groups is 1. The van der Waals surface area contributed by atoms with Crippen molar-refractivity contribution in [3.8, 4) is 5.75 Å². The number of alkyl halides is 2. The van der Waals surface area contributed by atoms with Gasteiger partial charge in [-0.2, -0.15) is 8.78 Å². The van der Waals surface area contributed by atoms with E-state index in [0.29, 0.717) is 5.56 Å². The lowest BCUT2D eigenvalue weighted by Gasteiger charge is -2.22. The Balaban J connectivity index is 1.74. The molecule has 0 unspecified atom stereocenters. The Kier molecular flexibility index (Phi) is 5.49. The minimum absolute atomic E-state index is 0.00569. The molecule has 3 rings (SSSR count). The number of halogens is 2. The van der Waals surface area contributed by atoms with Crippen LogP contribution in [0.1, 0.15) is 18.1 Å². The number of nitrogens with one attached hydrogen (secondary N) is 2. The summed E-state index contributed by atoms with van der Waals surface area (Å²) in [5.41, 5.74) is 0.281. The van der Waals surface area contributed by atoms with Crippen LogP contribution in [0.4, 0.5) is 19.3 Å². The van der Waals surface area contributed by atoms with Gasteiger partial charge in [0.25, 0.3) is 5.91 Å². The van der Waals surface area contributed by atoms with Crippen LogP contribution in [0.15, 0.2) is 48.5 Å². The molecule has 29 heavy (non-hydrogen) atoms. The van der Waals surface area contributed by atoms with Gasteiger partial charge in [-0.3, -0.25) is 14.5 Å². The molecule has 1 atom stereocenters. The molecule has 0 aliphatic carbocycles. The van der Waals surface area contributed by atoms with Gasteiger partial charge in [0.1, 0.15) is 17.8 Å². The fourth-order valence-corrected chi connectivity index (χ4v) is 3.03. The van der Waals surface area contributed by atoms with E-state index < -0.39 is 36.5 Å². The third-order valence-corrected chi connectivity index (χ3v) is 4.58. The molecule has 1 aliphatic rings. The highest BCUT2D eigenvalue weighted by molar-refractivity contribution is 6.10. The highest BCUT2D eigenvalue weighted by Gasteiger charge is 2.49. The number of rotatable bonds is 6. The normalized spacial score (nSPS) is 18.7. The Morgan fingerprint density at radius 2 is 1.83 bits per heavy atom. The van der Waals surface area contributed by atoms with E-state index in [1.807, 2.05) is 19.1 Å². The summed E-state index contributed by atoms with van der Waals surface area (Å²) >= 11 is 0. The molecule has 2 aromatic carbocycles. The van der Waals surface area contributed by atoms with Crippen molar-refractivity contribution in [2.24, 2.45) is 0 Å². The Morgan fingerprint density at radius 3 is 2.48 bits per heavy atom. The van der Waals surface area contributed by atoms with Crippen LogP contribution in [0.25, 0.3) is 0 Å². The summed E-state index contributed by atoms with van der Waals surface area (Å²) in [5.74, 6) is -1.54. The maximum atomic E-state index is 12.9. The summed E-state index contributed by atoms with van der Waals surface area (Å²) in [4.78, 5) is 38.3. The lowest BCUT2D eigenvalue weighted by Crippen LogP contribution is -2.42. The molecule has 0 spiro atoms. The van der Waals surface area contributed by atoms with Gasteiger partial charge in [-0.1, -0.05) is 42.0 Å². The van der Waals surface area contributed by atoms with E-state index in [4.69, 9.17) is 0 Å². The number of para-hydroxylation sites is 2. The summed E-state index contributed by atoms with van der Waals surface area (Å²) in [5, 5.41) is 4.99. The fourth-order valence-electron chi connectivity index (χ4n) is 3.03. The van der Waals surface area contributed by atoms with Crippen molar-refractivity contribution in [3.05, 3.63) is 59.7 Å². The molecule has 7 nitrogen and oxygen atoms in total. The minimum Gasteiger partial charge on any atom is -0.433 e. The van der Waals surface area contributed by atoms with E-state index in [0.717, 1.165) is 10.5 Å². The van der Waals surface area contributed by atoms with Crippen LogP contribution in [0.5, 0.6) is 5.75 Å². The number of ether oxygens (including phenoxy) is 1. The Hall–Kier alpha value is -3.49. The van der Waals surface area contributed by atoms with E-state index in [2.05, 4.69) is 15.4 Å². The quantitative estimate of drug-likeness (QED) is 0.726. The molecule has 9 heteroatoms. The number of amides is 4. The van der Waals surface area contributed by atoms with E-state index in [1.165, 1.54) is 24.3 Å². The summed E-state index contributed by atoms with van der Waals surface area (Å²) in [6.45, 7) is -0.182. The predicted octanol–water partition coefficient (Wildman–Crippen LogP) is 3.00. The molecular weight excluding hydrogens is 384 g/mol. The number of aryl methyl sites for hydroxylation is 1. The van der Waals surface area contributed by atoms with Crippen molar-refractivity contribution in [3.63, 3.8) is 0 Å². The molecule has 4 amide bonds. The number of carbonyl (C=O) groups is 3. The molecule has 0 bridgehead atoms. The van der Waals surface area contributed by atoms with Crippen LogP contribution in [0, 0.1) is 6.92 Å². The van der Waals surface area contributed by atoms with Crippen LogP contribution in [0.2, 0.25) is 0 Å². The van der Waals surface area contributed by atoms with Gasteiger partial charge in [0, 0.05) is 0 Å². The summed E-state index contributed by atoms with van der Waals surface area (Å²) in [6.07, 6.45) is 0. The van der Waals surface area contributed by atoms with Crippen LogP contribution < -0.4 is 15.4 Å². The first-order valence-corrected chi connectivity index (χ1v) is 8.75. The molecule has 2 N–H and O–H groups in total. The summed E-state index contributed by atoms with van der Waals surface area (Å²) < 4.78 is 29.3. The van der Waals surface area contributed by atoms with Crippen LogP contribution in [0.3, 0.4) is 0 Å². The lowest BCUT2D eigenvalue weighted by molar-refractivity contribution is -0.133. The molecule has 0 radical (unpaired) electrons. The number of hydrogen-bond acceptors (Lipinski definition) is 4. The van der Waals surface area contributed by atoms with E-state index in [1.54, 1.807) is 19.1 Å². The van der Waals surface area contributed by atoms with Gasteiger partial charge in [-0.25, -0.2) is 4.79 Å². The largest absolute Gasteiger partial charge is 0.433 e. The molecule has 1 aliphatic heterocycles. The zero-order chi connectivity index (χ0) is 21.2. The fraction of sp³-hybridized carbons (Fsp3) is 0.250. The molecular formula is C20H19F2N3O4. The molecule has 1 heterocycles. The molecule has 1 saturated heterocycles. The highest BCUT2D eigenvalue weighted by atomic mass is 19.3. The van der Waals surface area contributed by atoms with Crippen molar-refractivity contribution in [1.82, 2.24) is 10.2 Å². The molecule has 2 aromatic rings. The summed E-state index contributed by atoms with van der Waals surface area (Å²) in [7, 11) is 0. The second-order valence-corrected chi connectivity index (χ2v) is 6.74. The zero-order valence-corrected chi connectivity index (χ0v) is 15.7. The minimum atomic E-state index is -3.06. The van der Waals surface area contributed by atoms with Gasteiger partial charge in [-0.15, -0.1) is 0 Å². The summed E-state index contributed by atoms with van der Waals surface area (Å²) in [6, 6.07) is 12.0. The Bertz CT molecular complexity index is 949. The third-order valence-electron chi connectivity index (χ3n) is 4.58. The topological polar surface area (TPSA) is 87.7 Å². The number of carbonyl (C=O) groups excluding carboxylic acids is 3. The average Bonchev–Trinajstić information content (AvgIpc) is 2.87. The van der Waals surface area contributed by atoms with Crippen molar-refractivity contribution < 1.29 is 27.9 Å².